The van der Waals surface area contributed by atoms with E-state index in [2.05, 4.69) is 16.2 Å². The number of ether oxygens (including phenoxy) is 1. The molecule has 0 saturated heterocycles. The van der Waals surface area contributed by atoms with Crippen LogP contribution >= 0.6 is 0 Å². The molecule has 2 aromatic carbocycles. The van der Waals surface area contributed by atoms with Crippen molar-refractivity contribution in [2.75, 3.05) is 5.73 Å². The van der Waals surface area contributed by atoms with E-state index in [4.69, 9.17) is 15.0 Å². The standard InChI is InChI=1S/C16H13N3O2/c17-12-7-5-10(6-8-12)16-18-15(19-21-16)14-9-11-3-1-2-4-13(11)20-14/h1-8,14H,9,17H2. The first-order valence-corrected chi connectivity index (χ1v) is 6.74. The van der Waals surface area contributed by atoms with Crippen LogP contribution in [0.3, 0.4) is 0 Å². The lowest BCUT2D eigenvalue weighted by Gasteiger charge is -2.04. The van der Waals surface area contributed by atoms with Crippen molar-refractivity contribution in [3.8, 4) is 17.2 Å². The molecule has 4 rings (SSSR count). The fraction of sp³-hybridized carbons (Fsp3) is 0.125. The van der Waals surface area contributed by atoms with Crippen LogP contribution in [0, 0.1) is 0 Å². The van der Waals surface area contributed by atoms with Gasteiger partial charge in [-0.3, -0.25) is 0 Å². The predicted molar refractivity (Wildman–Crippen MR) is 77.7 cm³/mol. The lowest BCUT2D eigenvalue weighted by atomic mass is 10.1. The third kappa shape index (κ3) is 2.12. The number of nitrogens with two attached hydrogens (primary N) is 1. The summed E-state index contributed by atoms with van der Waals surface area (Å²) < 4.78 is 11.2. The minimum absolute atomic E-state index is 0.186. The normalized spacial score (nSPS) is 16.5. The van der Waals surface area contributed by atoms with Gasteiger partial charge in [-0.05, 0) is 35.9 Å². The van der Waals surface area contributed by atoms with E-state index in [-0.39, 0.29) is 6.10 Å². The summed E-state index contributed by atoms with van der Waals surface area (Å²) in [6.07, 6.45) is 0.574. The summed E-state index contributed by atoms with van der Waals surface area (Å²) >= 11 is 0. The van der Waals surface area contributed by atoms with Gasteiger partial charge in [0, 0.05) is 17.7 Å². The van der Waals surface area contributed by atoms with Crippen molar-refractivity contribution in [1.29, 1.82) is 0 Å². The molecular weight excluding hydrogens is 266 g/mol. The molecular formula is C16H13N3O2. The Morgan fingerprint density at radius 2 is 1.86 bits per heavy atom. The van der Waals surface area contributed by atoms with Crippen LogP contribution in [0.4, 0.5) is 5.69 Å². The molecule has 0 bridgehead atoms. The fourth-order valence-electron chi connectivity index (χ4n) is 2.43. The summed E-state index contributed by atoms with van der Waals surface area (Å²) in [5.74, 6) is 1.93. The highest BCUT2D eigenvalue weighted by Gasteiger charge is 2.28. The Bertz CT molecular complexity index is 755. The average Bonchev–Trinajstić information content (AvgIpc) is 3.14. The van der Waals surface area contributed by atoms with E-state index >= 15 is 0 Å². The molecule has 0 amide bonds. The molecule has 0 spiro atoms. The number of hydrogen-bond acceptors (Lipinski definition) is 5. The molecule has 1 aliphatic rings. The molecule has 1 aliphatic heterocycles. The van der Waals surface area contributed by atoms with Gasteiger partial charge in [-0.2, -0.15) is 4.98 Å². The molecule has 0 fully saturated rings. The Kier molecular flexibility index (Phi) is 2.64. The Labute approximate surface area is 121 Å². The topological polar surface area (TPSA) is 74.2 Å². The third-order valence-electron chi connectivity index (χ3n) is 3.53. The second-order valence-electron chi connectivity index (χ2n) is 5.00. The van der Waals surface area contributed by atoms with Crippen molar-refractivity contribution in [1.82, 2.24) is 10.1 Å². The van der Waals surface area contributed by atoms with E-state index in [0.717, 1.165) is 17.7 Å². The Balaban J connectivity index is 1.60. The highest BCUT2D eigenvalue weighted by Crippen LogP contribution is 2.35. The van der Waals surface area contributed by atoms with E-state index in [9.17, 15) is 0 Å². The van der Waals surface area contributed by atoms with Crippen molar-refractivity contribution in [3.05, 3.63) is 59.9 Å². The average molecular weight is 279 g/mol. The lowest BCUT2D eigenvalue weighted by Crippen LogP contribution is -2.05. The number of nitrogens with zero attached hydrogens (tertiary/aromatic N) is 2. The summed E-state index contributed by atoms with van der Waals surface area (Å²) in [6.45, 7) is 0. The largest absolute Gasteiger partial charge is 0.482 e. The zero-order chi connectivity index (χ0) is 14.2. The molecule has 1 atom stereocenters. The number of fused-ring (bicyclic) bond motifs is 1. The van der Waals surface area contributed by atoms with Crippen LogP contribution in [0.1, 0.15) is 17.5 Å². The van der Waals surface area contributed by atoms with E-state index in [1.54, 1.807) is 12.1 Å². The van der Waals surface area contributed by atoms with E-state index in [1.165, 1.54) is 5.56 Å². The van der Waals surface area contributed by atoms with Crippen molar-refractivity contribution >= 4 is 5.69 Å². The number of para-hydroxylation sites is 1. The van der Waals surface area contributed by atoms with E-state index < -0.39 is 0 Å². The van der Waals surface area contributed by atoms with Gasteiger partial charge in [0.25, 0.3) is 5.89 Å². The zero-order valence-electron chi connectivity index (χ0n) is 11.2. The van der Waals surface area contributed by atoms with Crippen LogP contribution in [-0.4, -0.2) is 10.1 Å². The predicted octanol–water partition coefficient (Wildman–Crippen LogP) is 3.00. The highest BCUT2D eigenvalue weighted by molar-refractivity contribution is 5.57. The smallest absolute Gasteiger partial charge is 0.258 e. The van der Waals surface area contributed by atoms with Crippen LogP contribution in [0.25, 0.3) is 11.5 Å². The number of benzene rings is 2. The Morgan fingerprint density at radius 1 is 1.05 bits per heavy atom. The fourth-order valence-corrected chi connectivity index (χ4v) is 2.43. The minimum Gasteiger partial charge on any atom is -0.482 e. The number of nitrogen functional groups attached to an aromatic ring is 1. The Morgan fingerprint density at radius 3 is 2.67 bits per heavy atom. The van der Waals surface area contributed by atoms with E-state index in [0.29, 0.717) is 17.4 Å². The first-order chi connectivity index (χ1) is 10.3. The van der Waals surface area contributed by atoms with Gasteiger partial charge in [-0.15, -0.1) is 0 Å². The van der Waals surface area contributed by atoms with Gasteiger partial charge in [0.2, 0.25) is 5.82 Å². The molecule has 5 heteroatoms. The van der Waals surface area contributed by atoms with Crippen LogP contribution in [0.2, 0.25) is 0 Å². The summed E-state index contributed by atoms with van der Waals surface area (Å²) in [6, 6.07) is 15.3. The number of anilines is 1. The van der Waals surface area contributed by atoms with Crippen molar-refractivity contribution in [2.45, 2.75) is 12.5 Å². The summed E-state index contributed by atoms with van der Waals surface area (Å²) in [4.78, 5) is 4.43. The summed E-state index contributed by atoms with van der Waals surface area (Å²) in [5.41, 5.74) is 8.39. The maximum Gasteiger partial charge on any atom is 0.258 e. The molecule has 0 saturated carbocycles. The third-order valence-corrected chi connectivity index (χ3v) is 3.53. The van der Waals surface area contributed by atoms with Crippen molar-refractivity contribution < 1.29 is 9.26 Å². The molecule has 1 unspecified atom stereocenters. The molecule has 3 aromatic rings. The SMILES string of the molecule is Nc1ccc(-c2nc(C3Cc4ccccc4O3)no2)cc1. The van der Waals surface area contributed by atoms with Crippen LogP contribution in [-0.2, 0) is 6.42 Å². The van der Waals surface area contributed by atoms with Gasteiger partial charge < -0.3 is 15.0 Å². The monoisotopic (exact) mass is 279 g/mol. The van der Waals surface area contributed by atoms with Gasteiger partial charge in [0.15, 0.2) is 6.10 Å². The zero-order valence-corrected chi connectivity index (χ0v) is 11.2. The van der Waals surface area contributed by atoms with Gasteiger partial charge in [-0.25, -0.2) is 0 Å². The van der Waals surface area contributed by atoms with Gasteiger partial charge in [0.1, 0.15) is 5.75 Å². The van der Waals surface area contributed by atoms with Crippen LogP contribution in [0.15, 0.2) is 53.1 Å². The second kappa shape index (κ2) is 4.63. The van der Waals surface area contributed by atoms with Crippen LogP contribution < -0.4 is 10.5 Å². The van der Waals surface area contributed by atoms with Gasteiger partial charge in [-0.1, -0.05) is 23.4 Å². The van der Waals surface area contributed by atoms with Gasteiger partial charge >= 0.3 is 0 Å². The number of rotatable bonds is 2. The molecule has 5 nitrogen and oxygen atoms in total. The van der Waals surface area contributed by atoms with Crippen molar-refractivity contribution in [2.24, 2.45) is 0 Å². The molecule has 21 heavy (non-hydrogen) atoms. The molecule has 2 N–H and O–H groups in total. The lowest BCUT2D eigenvalue weighted by molar-refractivity contribution is 0.221. The number of aromatic nitrogens is 2. The quantitative estimate of drug-likeness (QED) is 0.730. The number of hydrogen-bond donors (Lipinski definition) is 1. The maximum atomic E-state index is 5.86. The van der Waals surface area contributed by atoms with Gasteiger partial charge in [0.05, 0.1) is 0 Å². The highest BCUT2D eigenvalue weighted by atomic mass is 16.5. The molecule has 2 heterocycles. The van der Waals surface area contributed by atoms with E-state index in [1.807, 2.05) is 30.3 Å². The first-order valence-electron chi connectivity index (χ1n) is 6.74. The van der Waals surface area contributed by atoms with Crippen LogP contribution in [0.5, 0.6) is 5.75 Å². The second-order valence-corrected chi connectivity index (χ2v) is 5.00. The van der Waals surface area contributed by atoms with Crippen molar-refractivity contribution in [3.63, 3.8) is 0 Å². The molecule has 104 valence electrons. The first kappa shape index (κ1) is 12.0. The maximum absolute atomic E-state index is 5.86. The molecule has 0 aliphatic carbocycles. The summed E-state index contributed by atoms with van der Waals surface area (Å²) in [7, 11) is 0. The minimum atomic E-state index is -0.186. The molecule has 0 radical (unpaired) electrons. The Hall–Kier alpha value is -2.82. The summed E-state index contributed by atoms with van der Waals surface area (Å²) in [5, 5.41) is 4.04. The molecule has 1 aromatic heterocycles.